The highest BCUT2D eigenvalue weighted by molar-refractivity contribution is 5.59. The molecule has 0 bridgehead atoms. The quantitative estimate of drug-likeness (QED) is 0.360. The number of nitrogens with one attached hydrogen (secondary N) is 1. The van der Waals surface area contributed by atoms with E-state index >= 15 is 0 Å². The van der Waals surface area contributed by atoms with Gasteiger partial charge in [0.15, 0.2) is 0 Å². The Hall–Kier alpha value is -3.32. The van der Waals surface area contributed by atoms with Crippen LogP contribution in [0.1, 0.15) is 52.2 Å². The smallest absolute Gasteiger partial charge is 0.123 e. The molecule has 1 N–H and O–H groups in total. The van der Waals surface area contributed by atoms with Gasteiger partial charge >= 0.3 is 0 Å². The van der Waals surface area contributed by atoms with E-state index in [1.165, 1.54) is 31.0 Å². The molecule has 0 spiro atoms. The summed E-state index contributed by atoms with van der Waals surface area (Å²) in [5.41, 5.74) is 3.51. The number of hydrogen-bond donors (Lipinski definition) is 1. The second kappa shape index (κ2) is 9.28. The summed E-state index contributed by atoms with van der Waals surface area (Å²) in [4.78, 5) is 9.25. The van der Waals surface area contributed by atoms with E-state index in [2.05, 4.69) is 58.3 Å². The molecule has 0 unspecified atom stereocenters. The molecule has 0 fully saturated rings. The molecule has 0 saturated heterocycles. The Bertz CT molecular complexity index is 1280. The molecule has 0 saturated carbocycles. The Kier molecular flexibility index (Phi) is 6.29. The molecule has 0 radical (unpaired) electrons. The number of aromatic nitrogens is 4. The van der Waals surface area contributed by atoms with Gasteiger partial charge in [-0.2, -0.15) is 0 Å². The van der Waals surface area contributed by atoms with Crippen LogP contribution in [0, 0.1) is 11.6 Å². The van der Waals surface area contributed by atoms with Crippen molar-refractivity contribution in [3.05, 3.63) is 84.2 Å². The van der Waals surface area contributed by atoms with Crippen LogP contribution in [0.5, 0.6) is 0 Å². The molecule has 5 nitrogen and oxygen atoms in total. The molecule has 36 heavy (non-hydrogen) atoms. The maximum Gasteiger partial charge on any atom is 0.123 e. The Labute approximate surface area is 211 Å². The highest BCUT2D eigenvalue weighted by Gasteiger charge is 2.29. The Balaban J connectivity index is 0.000000148. The summed E-state index contributed by atoms with van der Waals surface area (Å²) in [5.74, 6) is 1.68. The first-order valence-electron chi connectivity index (χ1n) is 12.5. The maximum atomic E-state index is 13.3. The number of fused-ring (bicyclic) bond motifs is 2. The molecule has 0 amide bonds. The minimum absolute atomic E-state index is 0.00611. The highest BCUT2D eigenvalue weighted by Crippen LogP contribution is 2.32. The van der Waals surface area contributed by atoms with Gasteiger partial charge in [-0.1, -0.05) is 24.3 Å². The van der Waals surface area contributed by atoms with Gasteiger partial charge in [0.1, 0.15) is 23.3 Å². The SMILES string of the molecule is CC1(C)CCCc2nc(-c3cccc(F)c3)cn21.CC1(C)CNCc2nc(-c3cccc(F)c3)cn21. The molecule has 7 heteroatoms. The van der Waals surface area contributed by atoms with Crippen molar-refractivity contribution in [3.63, 3.8) is 0 Å². The topological polar surface area (TPSA) is 47.7 Å². The first kappa shape index (κ1) is 24.4. The van der Waals surface area contributed by atoms with Crippen LogP contribution >= 0.6 is 0 Å². The minimum atomic E-state index is -0.226. The second-order valence-corrected chi connectivity index (χ2v) is 10.9. The summed E-state index contributed by atoms with van der Waals surface area (Å²) in [6.45, 7) is 10.5. The lowest BCUT2D eigenvalue weighted by atomic mass is 9.93. The van der Waals surface area contributed by atoms with Crippen LogP contribution in [0.25, 0.3) is 22.5 Å². The fourth-order valence-corrected chi connectivity index (χ4v) is 5.13. The van der Waals surface area contributed by atoms with Crippen molar-refractivity contribution in [2.75, 3.05) is 6.54 Å². The van der Waals surface area contributed by atoms with E-state index < -0.39 is 0 Å². The first-order valence-corrected chi connectivity index (χ1v) is 12.5. The van der Waals surface area contributed by atoms with Crippen molar-refractivity contribution in [1.82, 2.24) is 24.4 Å². The van der Waals surface area contributed by atoms with Crippen molar-refractivity contribution in [2.45, 2.75) is 64.6 Å². The Morgan fingerprint density at radius 2 is 1.33 bits per heavy atom. The zero-order valence-electron chi connectivity index (χ0n) is 21.4. The number of aryl methyl sites for hydroxylation is 1. The van der Waals surface area contributed by atoms with Crippen molar-refractivity contribution in [1.29, 1.82) is 0 Å². The van der Waals surface area contributed by atoms with Crippen LogP contribution in [0.15, 0.2) is 60.9 Å². The predicted octanol–water partition coefficient (Wildman–Crippen LogP) is 6.29. The van der Waals surface area contributed by atoms with E-state index in [-0.39, 0.29) is 22.7 Å². The molecule has 0 aliphatic carbocycles. The van der Waals surface area contributed by atoms with Gasteiger partial charge in [-0.25, -0.2) is 18.7 Å². The summed E-state index contributed by atoms with van der Waals surface area (Å²) in [5, 5.41) is 3.35. The van der Waals surface area contributed by atoms with E-state index in [1.807, 2.05) is 18.3 Å². The van der Waals surface area contributed by atoms with E-state index in [0.717, 1.165) is 53.7 Å². The lowest BCUT2D eigenvalue weighted by Gasteiger charge is -2.32. The normalized spacial score (nSPS) is 17.5. The molecule has 2 aliphatic heterocycles. The van der Waals surface area contributed by atoms with Gasteiger partial charge in [0.25, 0.3) is 0 Å². The molecular formula is C29H33F2N5. The maximum absolute atomic E-state index is 13.3. The zero-order valence-corrected chi connectivity index (χ0v) is 21.4. The van der Waals surface area contributed by atoms with E-state index in [0.29, 0.717) is 0 Å². The van der Waals surface area contributed by atoms with Crippen molar-refractivity contribution in [3.8, 4) is 22.5 Å². The van der Waals surface area contributed by atoms with Crippen LogP contribution in [0.4, 0.5) is 8.78 Å². The van der Waals surface area contributed by atoms with Crippen LogP contribution in [0.2, 0.25) is 0 Å². The van der Waals surface area contributed by atoms with E-state index in [9.17, 15) is 8.78 Å². The molecule has 6 rings (SSSR count). The average molecular weight is 490 g/mol. The molecule has 0 atom stereocenters. The number of nitrogens with zero attached hydrogens (tertiary/aromatic N) is 4. The molecule has 4 heterocycles. The molecule has 188 valence electrons. The summed E-state index contributed by atoms with van der Waals surface area (Å²) in [6, 6.07) is 13.2. The van der Waals surface area contributed by atoms with Gasteiger partial charge in [-0.05, 0) is 64.8 Å². The van der Waals surface area contributed by atoms with Crippen LogP contribution in [0.3, 0.4) is 0 Å². The third-order valence-electron chi connectivity index (χ3n) is 7.13. The largest absolute Gasteiger partial charge is 0.329 e. The number of rotatable bonds is 2. The second-order valence-electron chi connectivity index (χ2n) is 10.9. The van der Waals surface area contributed by atoms with Gasteiger partial charge < -0.3 is 14.5 Å². The summed E-state index contributed by atoms with van der Waals surface area (Å²) in [6.07, 6.45) is 7.43. The monoisotopic (exact) mass is 489 g/mol. The Morgan fingerprint density at radius 3 is 1.86 bits per heavy atom. The third-order valence-corrected chi connectivity index (χ3v) is 7.13. The number of benzene rings is 2. The Morgan fingerprint density at radius 1 is 0.778 bits per heavy atom. The van der Waals surface area contributed by atoms with E-state index in [1.54, 1.807) is 18.2 Å². The highest BCUT2D eigenvalue weighted by atomic mass is 19.1. The summed E-state index contributed by atoms with van der Waals surface area (Å²) >= 11 is 0. The number of halogens is 2. The summed E-state index contributed by atoms with van der Waals surface area (Å²) < 4.78 is 30.9. The first-order chi connectivity index (χ1) is 17.1. The fourth-order valence-electron chi connectivity index (χ4n) is 5.13. The van der Waals surface area contributed by atoms with Gasteiger partial charge in [-0.3, -0.25) is 0 Å². The molecule has 2 aliphatic rings. The zero-order chi connectivity index (χ0) is 25.5. The standard InChI is InChI=1S/C15H17FN2.C14H16FN3/c1-15(2)8-4-7-14-17-13(10-18(14)15)11-5-3-6-12(16)9-11;1-14(2)9-16-7-13-17-12(8-18(13)14)10-4-3-5-11(15)6-10/h3,5-6,9-10H,4,7-8H2,1-2H3;3-6,8,16H,7,9H2,1-2H3. The lowest BCUT2D eigenvalue weighted by Crippen LogP contribution is -2.43. The lowest BCUT2D eigenvalue weighted by molar-refractivity contribution is 0.279. The molecule has 4 aromatic rings. The van der Waals surface area contributed by atoms with Gasteiger partial charge in [0, 0.05) is 42.0 Å². The van der Waals surface area contributed by atoms with Crippen molar-refractivity contribution < 1.29 is 8.78 Å². The number of imidazole rings is 2. The number of hydrogen-bond acceptors (Lipinski definition) is 3. The average Bonchev–Trinajstić information content (AvgIpc) is 3.46. The van der Waals surface area contributed by atoms with Crippen molar-refractivity contribution in [2.24, 2.45) is 0 Å². The minimum Gasteiger partial charge on any atom is -0.329 e. The third kappa shape index (κ3) is 4.85. The van der Waals surface area contributed by atoms with Gasteiger partial charge in [0.2, 0.25) is 0 Å². The van der Waals surface area contributed by atoms with Gasteiger partial charge in [0.05, 0.1) is 23.5 Å². The van der Waals surface area contributed by atoms with Crippen molar-refractivity contribution >= 4 is 0 Å². The fraction of sp³-hybridized carbons (Fsp3) is 0.379. The van der Waals surface area contributed by atoms with Crippen LogP contribution < -0.4 is 5.32 Å². The van der Waals surface area contributed by atoms with Crippen LogP contribution in [-0.4, -0.2) is 25.6 Å². The van der Waals surface area contributed by atoms with Crippen LogP contribution in [-0.2, 0) is 24.0 Å². The molecular weight excluding hydrogens is 456 g/mol. The van der Waals surface area contributed by atoms with E-state index in [4.69, 9.17) is 0 Å². The van der Waals surface area contributed by atoms with Gasteiger partial charge in [-0.15, -0.1) is 0 Å². The molecule has 2 aromatic carbocycles. The molecule has 2 aromatic heterocycles. The summed E-state index contributed by atoms with van der Waals surface area (Å²) in [7, 11) is 0. The predicted molar refractivity (Wildman–Crippen MR) is 139 cm³/mol.